The highest BCUT2D eigenvalue weighted by molar-refractivity contribution is 5.79. The van der Waals surface area contributed by atoms with E-state index in [1.54, 1.807) is 18.2 Å². The second-order valence-corrected chi connectivity index (χ2v) is 7.69. The number of likely N-dealkylation sites (tertiary alicyclic amines) is 1. The van der Waals surface area contributed by atoms with Crippen LogP contribution in [-0.4, -0.2) is 40.5 Å². The van der Waals surface area contributed by atoms with Crippen LogP contribution in [-0.2, 0) is 9.53 Å². The molecule has 0 radical (unpaired) electrons. The van der Waals surface area contributed by atoms with Gasteiger partial charge in [-0.1, -0.05) is 0 Å². The largest absolute Gasteiger partial charge is 0.439 e. The number of amides is 1. The van der Waals surface area contributed by atoms with Crippen molar-refractivity contribution in [3.05, 3.63) is 47.7 Å². The van der Waals surface area contributed by atoms with E-state index in [2.05, 4.69) is 9.97 Å². The average molecular weight is 399 g/mol. The molecule has 1 aromatic heterocycles. The number of ether oxygens (including phenoxy) is 2. The fraction of sp³-hybridized carbons (Fsp3) is 0.500. The summed E-state index contributed by atoms with van der Waals surface area (Å²) in [5, 5.41) is 0. The van der Waals surface area contributed by atoms with E-state index in [1.165, 1.54) is 12.1 Å². The van der Waals surface area contributed by atoms with E-state index < -0.39 is 0 Å². The number of rotatable bonds is 4. The lowest BCUT2D eigenvalue weighted by Crippen LogP contribution is -2.43. The van der Waals surface area contributed by atoms with Crippen molar-refractivity contribution in [2.24, 2.45) is 5.92 Å². The lowest BCUT2D eigenvalue weighted by molar-refractivity contribution is -0.142. The summed E-state index contributed by atoms with van der Waals surface area (Å²) in [7, 11) is 0. The number of aryl methyl sites for hydroxylation is 1. The van der Waals surface area contributed by atoms with Gasteiger partial charge in [-0.2, -0.15) is 4.98 Å². The monoisotopic (exact) mass is 399 g/mol. The summed E-state index contributed by atoms with van der Waals surface area (Å²) >= 11 is 0. The molecular formula is C22H26FN3O3. The van der Waals surface area contributed by atoms with Gasteiger partial charge < -0.3 is 14.4 Å². The van der Waals surface area contributed by atoms with Gasteiger partial charge in [-0.15, -0.1) is 0 Å². The number of piperidine rings is 1. The SMILES string of the molecule is Cc1cc(Oc2ccc(F)cc2)nc([C@H]2CCCCN2C(=O)C2CCOCC2)n1. The molecule has 0 spiro atoms. The van der Waals surface area contributed by atoms with Gasteiger partial charge in [0.1, 0.15) is 11.6 Å². The van der Waals surface area contributed by atoms with Crippen molar-refractivity contribution in [2.75, 3.05) is 19.8 Å². The fourth-order valence-corrected chi connectivity index (χ4v) is 4.03. The van der Waals surface area contributed by atoms with Crippen molar-refractivity contribution < 1.29 is 18.7 Å². The van der Waals surface area contributed by atoms with Gasteiger partial charge in [0, 0.05) is 37.4 Å². The van der Waals surface area contributed by atoms with Gasteiger partial charge in [-0.3, -0.25) is 4.79 Å². The zero-order chi connectivity index (χ0) is 20.2. The Bertz CT molecular complexity index is 853. The zero-order valence-corrected chi connectivity index (χ0v) is 16.6. The molecule has 0 saturated carbocycles. The third-order valence-corrected chi connectivity index (χ3v) is 5.54. The second-order valence-electron chi connectivity index (χ2n) is 7.69. The number of carbonyl (C=O) groups excluding carboxylic acids is 1. The fourth-order valence-electron chi connectivity index (χ4n) is 4.03. The summed E-state index contributed by atoms with van der Waals surface area (Å²) in [5.74, 6) is 1.41. The minimum Gasteiger partial charge on any atom is -0.439 e. The zero-order valence-electron chi connectivity index (χ0n) is 16.6. The summed E-state index contributed by atoms with van der Waals surface area (Å²) in [6.45, 7) is 3.90. The van der Waals surface area contributed by atoms with Crippen LogP contribution < -0.4 is 4.74 Å². The molecule has 1 aromatic carbocycles. The summed E-state index contributed by atoms with van der Waals surface area (Å²) in [5.41, 5.74) is 0.774. The van der Waals surface area contributed by atoms with E-state index >= 15 is 0 Å². The Morgan fingerprint density at radius 1 is 1.14 bits per heavy atom. The maximum Gasteiger partial charge on any atom is 0.226 e. The van der Waals surface area contributed by atoms with E-state index in [9.17, 15) is 9.18 Å². The summed E-state index contributed by atoms with van der Waals surface area (Å²) in [6, 6.07) is 7.43. The minimum atomic E-state index is -0.318. The molecule has 4 rings (SSSR count). The van der Waals surface area contributed by atoms with E-state index in [4.69, 9.17) is 9.47 Å². The van der Waals surface area contributed by atoms with Crippen molar-refractivity contribution in [2.45, 2.75) is 45.1 Å². The molecule has 2 fully saturated rings. The molecule has 0 N–H and O–H groups in total. The van der Waals surface area contributed by atoms with Crippen LogP contribution in [0.25, 0.3) is 0 Å². The second kappa shape index (κ2) is 8.86. The first-order valence-corrected chi connectivity index (χ1v) is 10.3. The van der Waals surface area contributed by atoms with Crippen molar-refractivity contribution >= 4 is 5.91 Å². The highest BCUT2D eigenvalue weighted by Crippen LogP contribution is 2.33. The molecule has 6 nitrogen and oxygen atoms in total. The van der Waals surface area contributed by atoms with Gasteiger partial charge in [0.15, 0.2) is 5.82 Å². The highest BCUT2D eigenvalue weighted by Gasteiger charge is 2.34. The van der Waals surface area contributed by atoms with Crippen LogP contribution >= 0.6 is 0 Å². The molecule has 7 heteroatoms. The van der Waals surface area contributed by atoms with E-state index in [-0.39, 0.29) is 23.7 Å². The molecule has 2 aromatic rings. The molecule has 1 amide bonds. The molecule has 29 heavy (non-hydrogen) atoms. The third-order valence-electron chi connectivity index (χ3n) is 5.54. The Hall–Kier alpha value is -2.54. The first kappa shape index (κ1) is 19.8. The van der Waals surface area contributed by atoms with Gasteiger partial charge in [0.05, 0.1) is 6.04 Å². The van der Waals surface area contributed by atoms with E-state index in [0.29, 0.717) is 30.7 Å². The van der Waals surface area contributed by atoms with Crippen molar-refractivity contribution in [3.63, 3.8) is 0 Å². The quantitative estimate of drug-likeness (QED) is 0.771. The molecule has 0 aliphatic carbocycles. The maximum absolute atomic E-state index is 13.2. The van der Waals surface area contributed by atoms with E-state index in [1.807, 2.05) is 11.8 Å². The highest BCUT2D eigenvalue weighted by atomic mass is 19.1. The van der Waals surface area contributed by atoms with Crippen molar-refractivity contribution in [1.29, 1.82) is 0 Å². The van der Waals surface area contributed by atoms with E-state index in [0.717, 1.165) is 44.3 Å². The van der Waals surface area contributed by atoms with Gasteiger partial charge in [0.2, 0.25) is 11.8 Å². The number of aromatic nitrogens is 2. The van der Waals surface area contributed by atoms with Crippen molar-refractivity contribution in [1.82, 2.24) is 14.9 Å². The van der Waals surface area contributed by atoms with Crippen LogP contribution in [0.4, 0.5) is 4.39 Å². The molecule has 0 unspecified atom stereocenters. The van der Waals surface area contributed by atoms with Crippen LogP contribution in [0.15, 0.2) is 30.3 Å². The smallest absolute Gasteiger partial charge is 0.226 e. The number of halogens is 1. The molecule has 2 aliphatic heterocycles. The summed E-state index contributed by atoms with van der Waals surface area (Å²) < 4.78 is 24.4. The number of hydrogen-bond donors (Lipinski definition) is 0. The number of carbonyl (C=O) groups is 1. The number of hydrogen-bond acceptors (Lipinski definition) is 5. The van der Waals surface area contributed by atoms with Crippen LogP contribution in [0, 0.1) is 18.7 Å². The molecule has 2 aliphatic rings. The summed E-state index contributed by atoms with van der Waals surface area (Å²) in [6.07, 6.45) is 4.42. The molecule has 0 bridgehead atoms. The Balaban J connectivity index is 1.56. The van der Waals surface area contributed by atoms with Crippen molar-refractivity contribution in [3.8, 4) is 11.6 Å². The van der Waals surface area contributed by atoms with Crippen LogP contribution in [0.1, 0.15) is 49.7 Å². The molecule has 1 atom stereocenters. The third kappa shape index (κ3) is 4.72. The lowest BCUT2D eigenvalue weighted by atomic mass is 9.94. The predicted octanol–water partition coefficient (Wildman–Crippen LogP) is 4.20. The van der Waals surface area contributed by atoms with Gasteiger partial charge in [-0.05, 0) is 63.3 Å². The Morgan fingerprint density at radius 2 is 1.90 bits per heavy atom. The lowest BCUT2D eigenvalue weighted by Gasteiger charge is -2.37. The maximum atomic E-state index is 13.2. The number of benzene rings is 1. The summed E-state index contributed by atoms with van der Waals surface area (Å²) in [4.78, 5) is 24.4. The van der Waals surface area contributed by atoms with Gasteiger partial charge in [-0.25, -0.2) is 9.37 Å². The Morgan fingerprint density at radius 3 is 2.66 bits per heavy atom. The first-order valence-electron chi connectivity index (χ1n) is 10.3. The molecular weight excluding hydrogens is 373 g/mol. The molecule has 154 valence electrons. The van der Waals surface area contributed by atoms with Gasteiger partial charge in [0.25, 0.3) is 0 Å². The predicted molar refractivity (Wildman–Crippen MR) is 105 cm³/mol. The van der Waals surface area contributed by atoms with Crippen LogP contribution in [0.5, 0.6) is 11.6 Å². The van der Waals surface area contributed by atoms with Crippen LogP contribution in [0.3, 0.4) is 0 Å². The van der Waals surface area contributed by atoms with Gasteiger partial charge >= 0.3 is 0 Å². The Labute approximate surface area is 170 Å². The van der Waals surface area contributed by atoms with Crippen LogP contribution in [0.2, 0.25) is 0 Å². The standard InChI is InChI=1S/C22H26FN3O3/c1-15-14-20(29-18-7-5-17(23)6-8-18)25-21(24-15)19-4-2-3-11-26(19)22(27)16-9-12-28-13-10-16/h5-8,14,16,19H,2-4,9-13H2,1H3/t19-/m1/s1. The number of nitrogens with zero attached hydrogens (tertiary/aromatic N) is 3. The Kier molecular flexibility index (Phi) is 6.04. The average Bonchev–Trinajstić information content (AvgIpc) is 2.75. The molecule has 3 heterocycles. The minimum absolute atomic E-state index is 0.0177. The first-order chi connectivity index (χ1) is 14.1. The normalized spacial score (nSPS) is 20.5. The molecule has 2 saturated heterocycles. The topological polar surface area (TPSA) is 64.5 Å².